The number of anilines is 1. The monoisotopic (exact) mass is 439 g/mol. The molecular formula is C23H25N3O2S2. The lowest BCUT2D eigenvalue weighted by molar-refractivity contribution is -0.113. The molecule has 1 aliphatic rings. The van der Waals surface area contributed by atoms with Gasteiger partial charge in [-0.15, -0.1) is 17.9 Å². The van der Waals surface area contributed by atoms with Gasteiger partial charge >= 0.3 is 0 Å². The molecule has 1 amide bonds. The number of carbonyl (C=O) groups excluding carboxylic acids is 1. The number of carbonyl (C=O) groups is 1. The summed E-state index contributed by atoms with van der Waals surface area (Å²) in [7, 11) is 0. The summed E-state index contributed by atoms with van der Waals surface area (Å²) in [6.07, 6.45) is 4.76. The predicted molar refractivity (Wildman–Crippen MR) is 126 cm³/mol. The number of thiophene rings is 1. The van der Waals surface area contributed by atoms with Gasteiger partial charge in [-0.25, -0.2) is 4.98 Å². The van der Waals surface area contributed by atoms with Gasteiger partial charge in [-0.3, -0.25) is 14.2 Å². The Bertz CT molecular complexity index is 1160. The number of nitrogens with zero attached hydrogens (tertiary/aromatic N) is 2. The summed E-state index contributed by atoms with van der Waals surface area (Å²) in [6.45, 7) is 8.43. The van der Waals surface area contributed by atoms with Crippen LogP contribution in [-0.4, -0.2) is 21.2 Å². The van der Waals surface area contributed by atoms with Gasteiger partial charge < -0.3 is 5.32 Å². The zero-order chi connectivity index (χ0) is 21.3. The standard InChI is InChI=1S/C23H25N3O2S2/c1-4-11-26-22(28)20-17-10-7-15(3)12-18(17)30-21(20)25-23(26)29-13-19(27)24-16-8-5-14(2)6-9-16/h4-6,8-9,15H,1,7,10-13H2,2-3H3,(H,24,27). The van der Waals surface area contributed by atoms with E-state index in [4.69, 9.17) is 4.98 Å². The summed E-state index contributed by atoms with van der Waals surface area (Å²) in [4.78, 5) is 32.6. The van der Waals surface area contributed by atoms with Gasteiger partial charge in [0, 0.05) is 17.1 Å². The third-order valence-electron chi connectivity index (χ3n) is 5.36. The van der Waals surface area contributed by atoms with Gasteiger partial charge in [-0.1, -0.05) is 42.5 Å². The molecule has 2 heterocycles. The van der Waals surface area contributed by atoms with E-state index in [2.05, 4.69) is 18.8 Å². The van der Waals surface area contributed by atoms with Crippen LogP contribution in [0.5, 0.6) is 0 Å². The first-order valence-corrected chi connectivity index (χ1v) is 11.9. The Morgan fingerprint density at radius 2 is 2.17 bits per heavy atom. The van der Waals surface area contributed by atoms with Crippen molar-refractivity contribution in [2.24, 2.45) is 5.92 Å². The molecule has 1 atom stereocenters. The molecule has 30 heavy (non-hydrogen) atoms. The molecule has 0 saturated heterocycles. The van der Waals surface area contributed by atoms with Gasteiger partial charge in [0.25, 0.3) is 5.56 Å². The third-order valence-corrected chi connectivity index (χ3v) is 7.48. The van der Waals surface area contributed by atoms with E-state index < -0.39 is 0 Å². The van der Waals surface area contributed by atoms with E-state index in [1.54, 1.807) is 22.0 Å². The summed E-state index contributed by atoms with van der Waals surface area (Å²) >= 11 is 2.92. The SMILES string of the molecule is C=CCn1c(SCC(=O)Nc2ccc(C)cc2)nc2sc3c(c2c1=O)CCC(C)C3. The quantitative estimate of drug-likeness (QED) is 0.340. The lowest BCUT2D eigenvalue weighted by atomic mass is 9.89. The average molecular weight is 440 g/mol. The molecule has 0 saturated carbocycles. The summed E-state index contributed by atoms with van der Waals surface area (Å²) in [6, 6.07) is 7.68. The van der Waals surface area contributed by atoms with Crippen LogP contribution in [0.1, 0.15) is 29.3 Å². The zero-order valence-electron chi connectivity index (χ0n) is 17.2. The average Bonchev–Trinajstić information content (AvgIpc) is 3.08. The highest BCUT2D eigenvalue weighted by molar-refractivity contribution is 7.99. The molecule has 1 N–H and O–H groups in total. The number of allylic oxidation sites excluding steroid dienone is 1. The number of amides is 1. The Balaban J connectivity index is 1.60. The number of rotatable bonds is 6. The molecule has 3 aromatic rings. The van der Waals surface area contributed by atoms with Crippen LogP contribution in [0.4, 0.5) is 5.69 Å². The van der Waals surface area contributed by atoms with Crippen LogP contribution in [0.2, 0.25) is 0 Å². The van der Waals surface area contributed by atoms with Crippen molar-refractivity contribution < 1.29 is 4.79 Å². The minimum absolute atomic E-state index is 0.0200. The van der Waals surface area contributed by atoms with Gasteiger partial charge in [0.05, 0.1) is 11.1 Å². The number of thioether (sulfide) groups is 1. The Hall–Kier alpha value is -2.38. The Morgan fingerprint density at radius 3 is 2.90 bits per heavy atom. The summed E-state index contributed by atoms with van der Waals surface area (Å²) in [5.41, 5.74) is 3.06. The van der Waals surface area contributed by atoms with E-state index in [9.17, 15) is 9.59 Å². The fraction of sp³-hybridized carbons (Fsp3) is 0.348. The topological polar surface area (TPSA) is 64.0 Å². The van der Waals surface area contributed by atoms with Crippen molar-refractivity contribution in [2.45, 2.75) is 44.8 Å². The number of aryl methyl sites for hydroxylation is 2. The molecule has 7 heteroatoms. The van der Waals surface area contributed by atoms with Crippen molar-refractivity contribution in [1.29, 1.82) is 0 Å². The molecule has 4 rings (SSSR count). The Kier molecular flexibility index (Phi) is 6.11. The molecule has 1 unspecified atom stereocenters. The van der Waals surface area contributed by atoms with E-state index in [0.717, 1.165) is 40.7 Å². The maximum atomic E-state index is 13.3. The van der Waals surface area contributed by atoms with Gasteiger partial charge in [0.1, 0.15) is 4.83 Å². The summed E-state index contributed by atoms with van der Waals surface area (Å²) in [5, 5.41) is 4.22. The first kappa shape index (κ1) is 20.9. The number of aromatic nitrogens is 2. The van der Waals surface area contributed by atoms with Gasteiger partial charge in [-0.05, 0) is 49.8 Å². The van der Waals surface area contributed by atoms with Crippen molar-refractivity contribution >= 4 is 44.9 Å². The minimum atomic E-state index is -0.123. The number of hydrogen-bond acceptors (Lipinski definition) is 5. The van der Waals surface area contributed by atoms with E-state index >= 15 is 0 Å². The second-order valence-electron chi connectivity index (χ2n) is 7.83. The fourth-order valence-electron chi connectivity index (χ4n) is 3.77. The van der Waals surface area contributed by atoms with Crippen LogP contribution >= 0.6 is 23.1 Å². The highest BCUT2D eigenvalue weighted by Crippen LogP contribution is 2.36. The number of hydrogen-bond donors (Lipinski definition) is 1. The molecule has 0 bridgehead atoms. The Morgan fingerprint density at radius 1 is 1.40 bits per heavy atom. The highest BCUT2D eigenvalue weighted by atomic mass is 32.2. The second kappa shape index (κ2) is 8.78. The molecule has 156 valence electrons. The maximum Gasteiger partial charge on any atom is 0.263 e. The lowest BCUT2D eigenvalue weighted by Crippen LogP contribution is -2.24. The van der Waals surface area contributed by atoms with Crippen LogP contribution in [-0.2, 0) is 24.2 Å². The summed E-state index contributed by atoms with van der Waals surface area (Å²) in [5.74, 6) is 0.702. The van der Waals surface area contributed by atoms with E-state index in [1.807, 2.05) is 31.2 Å². The molecule has 0 fully saturated rings. The fourth-order valence-corrected chi connectivity index (χ4v) is 6.00. The third kappa shape index (κ3) is 4.23. The van der Waals surface area contributed by atoms with E-state index in [0.29, 0.717) is 17.6 Å². The molecule has 5 nitrogen and oxygen atoms in total. The summed E-state index contributed by atoms with van der Waals surface area (Å²) < 4.78 is 1.64. The van der Waals surface area contributed by atoms with Gasteiger partial charge in [-0.2, -0.15) is 0 Å². The molecule has 1 aromatic carbocycles. The first-order chi connectivity index (χ1) is 14.5. The van der Waals surface area contributed by atoms with Crippen LogP contribution in [0.3, 0.4) is 0 Å². The molecule has 2 aromatic heterocycles. The van der Waals surface area contributed by atoms with Crippen LogP contribution in [0.15, 0.2) is 46.9 Å². The van der Waals surface area contributed by atoms with E-state index in [1.165, 1.54) is 22.2 Å². The van der Waals surface area contributed by atoms with Crippen molar-refractivity contribution in [3.8, 4) is 0 Å². The minimum Gasteiger partial charge on any atom is -0.325 e. The molecule has 0 aliphatic heterocycles. The number of nitrogens with one attached hydrogen (secondary N) is 1. The van der Waals surface area contributed by atoms with Gasteiger partial charge in [0.15, 0.2) is 5.16 Å². The predicted octanol–water partition coefficient (Wildman–Crippen LogP) is 4.81. The van der Waals surface area contributed by atoms with Gasteiger partial charge in [0.2, 0.25) is 5.91 Å². The van der Waals surface area contributed by atoms with Crippen molar-refractivity contribution in [3.05, 3.63) is 63.3 Å². The number of fused-ring (bicyclic) bond motifs is 3. The maximum absolute atomic E-state index is 13.3. The molecular weight excluding hydrogens is 414 g/mol. The van der Waals surface area contributed by atoms with E-state index in [-0.39, 0.29) is 17.2 Å². The highest BCUT2D eigenvalue weighted by Gasteiger charge is 2.24. The first-order valence-electron chi connectivity index (χ1n) is 10.1. The van der Waals surface area contributed by atoms with Crippen molar-refractivity contribution in [3.63, 3.8) is 0 Å². The van der Waals surface area contributed by atoms with Crippen LogP contribution < -0.4 is 10.9 Å². The zero-order valence-corrected chi connectivity index (χ0v) is 18.9. The largest absolute Gasteiger partial charge is 0.325 e. The smallest absolute Gasteiger partial charge is 0.263 e. The Labute approximate surface area is 184 Å². The molecule has 1 aliphatic carbocycles. The number of benzene rings is 1. The van der Waals surface area contributed by atoms with Crippen molar-refractivity contribution in [2.75, 3.05) is 11.1 Å². The molecule has 0 spiro atoms. The molecule has 0 radical (unpaired) electrons. The second-order valence-corrected chi connectivity index (χ2v) is 9.86. The lowest BCUT2D eigenvalue weighted by Gasteiger charge is -2.17. The normalized spacial score (nSPS) is 15.7. The van der Waals surface area contributed by atoms with Crippen LogP contribution in [0.25, 0.3) is 10.2 Å². The van der Waals surface area contributed by atoms with Crippen molar-refractivity contribution in [1.82, 2.24) is 9.55 Å². The van der Waals surface area contributed by atoms with Crippen LogP contribution in [0, 0.1) is 12.8 Å².